The standard InChI is InChI=1S/C13H18FN/c1-3-15-8-10(2)13(9-15)11-4-6-12(14)7-5-11/h4-7,10,13H,3,8-9H2,1-2H3/t10-,13?/m1/s1. The van der Waals surface area contributed by atoms with Crippen molar-refractivity contribution in [1.82, 2.24) is 4.90 Å². The number of benzene rings is 1. The van der Waals surface area contributed by atoms with Crippen molar-refractivity contribution in [2.75, 3.05) is 19.6 Å². The van der Waals surface area contributed by atoms with Crippen molar-refractivity contribution < 1.29 is 4.39 Å². The Hall–Kier alpha value is -0.890. The SMILES string of the molecule is CCN1CC(c2ccc(F)cc2)[C@H](C)C1. The summed E-state index contributed by atoms with van der Waals surface area (Å²) in [5, 5.41) is 0. The Balaban J connectivity index is 2.14. The van der Waals surface area contributed by atoms with Gasteiger partial charge >= 0.3 is 0 Å². The van der Waals surface area contributed by atoms with E-state index in [-0.39, 0.29) is 5.82 Å². The monoisotopic (exact) mass is 207 g/mol. The molecule has 82 valence electrons. The number of hydrogen-bond donors (Lipinski definition) is 0. The second kappa shape index (κ2) is 4.31. The molecule has 2 heteroatoms. The van der Waals surface area contributed by atoms with Crippen molar-refractivity contribution in [2.45, 2.75) is 19.8 Å². The summed E-state index contributed by atoms with van der Waals surface area (Å²) in [5.74, 6) is 1.11. The fraction of sp³-hybridized carbons (Fsp3) is 0.538. The highest BCUT2D eigenvalue weighted by atomic mass is 19.1. The van der Waals surface area contributed by atoms with Crippen LogP contribution < -0.4 is 0 Å². The predicted octanol–water partition coefficient (Wildman–Crippen LogP) is 2.88. The Morgan fingerprint density at radius 1 is 1.27 bits per heavy atom. The third-order valence-electron chi connectivity index (χ3n) is 3.43. The molecule has 1 nitrogen and oxygen atoms in total. The average molecular weight is 207 g/mol. The Labute approximate surface area is 90.9 Å². The first-order valence-corrected chi connectivity index (χ1v) is 5.68. The third kappa shape index (κ3) is 2.20. The van der Waals surface area contributed by atoms with Crippen LogP contribution in [0.2, 0.25) is 0 Å². The molecule has 0 aromatic heterocycles. The van der Waals surface area contributed by atoms with Crippen molar-refractivity contribution >= 4 is 0 Å². The smallest absolute Gasteiger partial charge is 0.123 e. The van der Waals surface area contributed by atoms with Crippen molar-refractivity contribution in [2.24, 2.45) is 5.92 Å². The summed E-state index contributed by atoms with van der Waals surface area (Å²) < 4.78 is 12.8. The van der Waals surface area contributed by atoms with Gasteiger partial charge in [-0.05, 0) is 30.2 Å². The van der Waals surface area contributed by atoms with Gasteiger partial charge in [-0.1, -0.05) is 26.0 Å². The van der Waals surface area contributed by atoms with Gasteiger partial charge in [-0.3, -0.25) is 0 Å². The molecule has 1 fully saturated rings. The summed E-state index contributed by atoms with van der Waals surface area (Å²) in [4.78, 5) is 2.46. The van der Waals surface area contributed by atoms with Crippen molar-refractivity contribution in [1.29, 1.82) is 0 Å². The molecule has 0 radical (unpaired) electrons. The van der Waals surface area contributed by atoms with E-state index in [0.29, 0.717) is 11.8 Å². The number of rotatable bonds is 2. The first kappa shape index (κ1) is 10.6. The molecule has 2 atom stereocenters. The molecule has 0 bridgehead atoms. The molecule has 0 aliphatic carbocycles. The second-order valence-corrected chi connectivity index (χ2v) is 4.49. The lowest BCUT2D eigenvalue weighted by Gasteiger charge is -2.14. The van der Waals surface area contributed by atoms with E-state index in [0.717, 1.165) is 13.1 Å². The zero-order chi connectivity index (χ0) is 10.8. The first-order valence-electron chi connectivity index (χ1n) is 5.68. The van der Waals surface area contributed by atoms with E-state index in [1.54, 1.807) is 12.1 Å². The highest BCUT2D eigenvalue weighted by Crippen LogP contribution is 2.31. The summed E-state index contributed by atoms with van der Waals surface area (Å²) in [6, 6.07) is 6.98. The van der Waals surface area contributed by atoms with Crippen LogP contribution in [-0.2, 0) is 0 Å². The van der Waals surface area contributed by atoms with E-state index in [9.17, 15) is 4.39 Å². The highest BCUT2D eigenvalue weighted by molar-refractivity contribution is 5.22. The fourth-order valence-corrected chi connectivity index (χ4v) is 2.47. The molecule has 1 aliphatic rings. The van der Waals surface area contributed by atoms with Gasteiger partial charge in [-0.15, -0.1) is 0 Å². The maximum Gasteiger partial charge on any atom is 0.123 e. The van der Waals surface area contributed by atoms with Crippen molar-refractivity contribution in [3.8, 4) is 0 Å². The van der Waals surface area contributed by atoms with Gasteiger partial charge in [-0.2, -0.15) is 0 Å². The molecule has 1 heterocycles. The lowest BCUT2D eigenvalue weighted by Crippen LogP contribution is -2.19. The van der Waals surface area contributed by atoms with Crippen LogP contribution in [0.5, 0.6) is 0 Å². The maximum absolute atomic E-state index is 12.8. The first-order chi connectivity index (χ1) is 7.20. The number of likely N-dealkylation sites (N-methyl/N-ethyl adjacent to an activating group) is 1. The van der Waals surface area contributed by atoms with Crippen molar-refractivity contribution in [3.05, 3.63) is 35.6 Å². The average Bonchev–Trinajstić information content (AvgIpc) is 2.61. The van der Waals surface area contributed by atoms with Crippen LogP contribution in [-0.4, -0.2) is 24.5 Å². The minimum absolute atomic E-state index is 0.142. The molecular weight excluding hydrogens is 189 g/mol. The van der Waals surface area contributed by atoms with Crippen LogP contribution in [0.25, 0.3) is 0 Å². The van der Waals surface area contributed by atoms with Crippen LogP contribution in [0.1, 0.15) is 25.3 Å². The van der Waals surface area contributed by atoms with Crippen molar-refractivity contribution in [3.63, 3.8) is 0 Å². The largest absolute Gasteiger partial charge is 0.303 e. The van der Waals surface area contributed by atoms with E-state index in [2.05, 4.69) is 18.7 Å². The van der Waals surface area contributed by atoms with Gasteiger partial charge in [0, 0.05) is 19.0 Å². The Morgan fingerprint density at radius 2 is 1.93 bits per heavy atom. The molecule has 0 spiro atoms. The predicted molar refractivity (Wildman–Crippen MR) is 60.4 cm³/mol. The van der Waals surface area contributed by atoms with Crippen LogP contribution in [0, 0.1) is 11.7 Å². The lowest BCUT2D eigenvalue weighted by molar-refractivity contribution is 0.345. The van der Waals surface area contributed by atoms with E-state index in [1.165, 1.54) is 12.1 Å². The quantitative estimate of drug-likeness (QED) is 0.720. The third-order valence-corrected chi connectivity index (χ3v) is 3.43. The summed E-state index contributed by atoms with van der Waals surface area (Å²) in [6.45, 7) is 7.87. The molecule has 0 saturated carbocycles. The van der Waals surface area contributed by atoms with Crippen LogP contribution >= 0.6 is 0 Å². The van der Waals surface area contributed by atoms with E-state index in [4.69, 9.17) is 0 Å². The van der Waals surface area contributed by atoms with Crippen LogP contribution in [0.15, 0.2) is 24.3 Å². The summed E-state index contributed by atoms with van der Waals surface area (Å²) >= 11 is 0. The van der Waals surface area contributed by atoms with Gasteiger partial charge < -0.3 is 4.90 Å². The molecule has 1 saturated heterocycles. The zero-order valence-corrected chi connectivity index (χ0v) is 9.41. The Bertz CT molecular complexity index is 320. The number of halogens is 1. The minimum atomic E-state index is -0.142. The fourth-order valence-electron chi connectivity index (χ4n) is 2.47. The number of likely N-dealkylation sites (tertiary alicyclic amines) is 1. The van der Waals surface area contributed by atoms with Gasteiger partial charge in [0.05, 0.1) is 0 Å². The minimum Gasteiger partial charge on any atom is -0.303 e. The topological polar surface area (TPSA) is 3.24 Å². The van der Waals surface area contributed by atoms with Gasteiger partial charge in [0.25, 0.3) is 0 Å². The van der Waals surface area contributed by atoms with E-state index >= 15 is 0 Å². The van der Waals surface area contributed by atoms with Gasteiger partial charge in [0.1, 0.15) is 5.82 Å². The van der Waals surface area contributed by atoms with E-state index < -0.39 is 0 Å². The Kier molecular flexibility index (Phi) is 3.06. The summed E-state index contributed by atoms with van der Waals surface area (Å²) in [5.41, 5.74) is 1.28. The zero-order valence-electron chi connectivity index (χ0n) is 9.41. The molecule has 0 amide bonds. The van der Waals surface area contributed by atoms with Gasteiger partial charge in [-0.25, -0.2) is 4.39 Å². The lowest BCUT2D eigenvalue weighted by atomic mass is 9.90. The molecule has 1 unspecified atom stereocenters. The van der Waals surface area contributed by atoms with Crippen LogP contribution in [0.4, 0.5) is 4.39 Å². The molecule has 15 heavy (non-hydrogen) atoms. The molecule has 1 aromatic carbocycles. The normalized spacial score (nSPS) is 27.1. The Morgan fingerprint density at radius 3 is 2.47 bits per heavy atom. The maximum atomic E-state index is 12.8. The van der Waals surface area contributed by atoms with Gasteiger partial charge in [0.2, 0.25) is 0 Å². The molecular formula is C13H18FN. The summed E-state index contributed by atoms with van der Waals surface area (Å²) in [6.07, 6.45) is 0. The molecule has 1 aliphatic heterocycles. The second-order valence-electron chi connectivity index (χ2n) is 4.49. The number of hydrogen-bond acceptors (Lipinski definition) is 1. The summed E-state index contributed by atoms with van der Waals surface area (Å²) in [7, 11) is 0. The van der Waals surface area contributed by atoms with E-state index in [1.807, 2.05) is 12.1 Å². The molecule has 1 aromatic rings. The number of nitrogens with zero attached hydrogens (tertiary/aromatic N) is 1. The molecule has 2 rings (SSSR count). The van der Waals surface area contributed by atoms with Crippen LogP contribution in [0.3, 0.4) is 0 Å². The van der Waals surface area contributed by atoms with Gasteiger partial charge in [0.15, 0.2) is 0 Å². The molecule has 0 N–H and O–H groups in total. The highest BCUT2D eigenvalue weighted by Gasteiger charge is 2.29.